The molecule has 7 nitrogen and oxygen atoms in total. The van der Waals surface area contributed by atoms with E-state index in [0.717, 1.165) is 0 Å². The second-order valence-electron chi connectivity index (χ2n) is 3.41. The average Bonchev–Trinajstić information content (AvgIpc) is 2.00. The van der Waals surface area contributed by atoms with E-state index in [-0.39, 0.29) is 13.2 Å². The molecule has 1 amide bonds. The zero-order valence-corrected chi connectivity index (χ0v) is 8.48. The Kier molecular flexibility index (Phi) is 5.43. The summed E-state index contributed by atoms with van der Waals surface area (Å²) in [6, 6.07) is 0. The molecule has 0 rings (SSSR count). The topological polar surface area (TPSA) is 96.3 Å². The summed E-state index contributed by atoms with van der Waals surface area (Å²) < 4.78 is 4.87. The van der Waals surface area contributed by atoms with Crippen LogP contribution in [0.3, 0.4) is 0 Å². The maximum Gasteiger partial charge on any atom is 0.431 e. The fraction of sp³-hybridized carbons (Fsp3) is 0.857. The lowest BCUT2D eigenvalue weighted by Gasteiger charge is -2.19. The van der Waals surface area contributed by atoms with Crippen molar-refractivity contribution in [1.82, 2.24) is 5.48 Å². The molecule has 0 saturated carbocycles. The summed E-state index contributed by atoms with van der Waals surface area (Å²) in [6.45, 7) is 5.50. The third-order valence-electron chi connectivity index (χ3n) is 0.911. The Morgan fingerprint density at radius 1 is 1.57 bits per heavy atom. The lowest BCUT2D eigenvalue weighted by molar-refractivity contribution is -0.00545. The number of hydroxylamine groups is 1. The first-order valence-electron chi connectivity index (χ1n) is 4.07. The van der Waals surface area contributed by atoms with Crippen molar-refractivity contribution in [3.8, 4) is 0 Å². The van der Waals surface area contributed by atoms with E-state index >= 15 is 0 Å². The van der Waals surface area contributed by atoms with Crippen LogP contribution in [0.25, 0.3) is 10.4 Å². The molecular weight excluding hydrogens is 188 g/mol. The van der Waals surface area contributed by atoms with Crippen LogP contribution < -0.4 is 5.48 Å². The molecule has 0 radical (unpaired) electrons. The minimum absolute atomic E-state index is 0.114. The molecule has 0 aromatic rings. The molecule has 0 unspecified atom stereocenters. The highest BCUT2D eigenvalue weighted by atomic mass is 16.7. The van der Waals surface area contributed by atoms with E-state index in [9.17, 15) is 4.79 Å². The summed E-state index contributed by atoms with van der Waals surface area (Å²) in [7, 11) is 0. The number of nitrogens with one attached hydrogen (secondary N) is 1. The molecule has 0 heterocycles. The van der Waals surface area contributed by atoms with E-state index in [0.29, 0.717) is 0 Å². The predicted molar refractivity (Wildman–Crippen MR) is 49.3 cm³/mol. The highest BCUT2D eigenvalue weighted by Crippen LogP contribution is 2.06. The molecule has 7 heteroatoms. The standard InChI is InChI=1S/C7H14N4O3/c1-7(2,3)14-6(12)10-13-5-4-9-11-8/h4-5H2,1-3H3,(H,10,12). The third-order valence-corrected chi connectivity index (χ3v) is 0.911. The fourth-order valence-electron chi connectivity index (χ4n) is 0.540. The minimum Gasteiger partial charge on any atom is -0.442 e. The maximum atomic E-state index is 10.9. The van der Waals surface area contributed by atoms with Gasteiger partial charge in [-0.3, -0.25) is 4.84 Å². The van der Waals surface area contributed by atoms with Gasteiger partial charge in [-0.25, -0.2) is 4.79 Å². The van der Waals surface area contributed by atoms with E-state index in [1.807, 2.05) is 0 Å². The normalized spacial score (nSPS) is 10.2. The van der Waals surface area contributed by atoms with Crippen molar-refractivity contribution >= 4 is 6.09 Å². The highest BCUT2D eigenvalue weighted by molar-refractivity contribution is 5.66. The first kappa shape index (κ1) is 12.5. The van der Waals surface area contributed by atoms with Gasteiger partial charge in [0.05, 0.1) is 13.2 Å². The van der Waals surface area contributed by atoms with Crippen molar-refractivity contribution < 1.29 is 14.4 Å². The van der Waals surface area contributed by atoms with Crippen LogP contribution in [0.2, 0.25) is 0 Å². The summed E-state index contributed by atoms with van der Waals surface area (Å²) in [4.78, 5) is 18.1. The molecule has 0 aliphatic heterocycles. The molecule has 0 aromatic heterocycles. The largest absolute Gasteiger partial charge is 0.442 e. The van der Waals surface area contributed by atoms with E-state index < -0.39 is 11.7 Å². The van der Waals surface area contributed by atoms with Crippen LogP contribution in [0.15, 0.2) is 5.11 Å². The van der Waals surface area contributed by atoms with Crippen LogP contribution in [0.4, 0.5) is 4.79 Å². The van der Waals surface area contributed by atoms with Crippen LogP contribution in [-0.2, 0) is 9.57 Å². The fourth-order valence-corrected chi connectivity index (χ4v) is 0.540. The second-order valence-corrected chi connectivity index (χ2v) is 3.41. The van der Waals surface area contributed by atoms with Crippen LogP contribution in [-0.4, -0.2) is 24.8 Å². The maximum absolute atomic E-state index is 10.9. The lowest BCUT2D eigenvalue weighted by Crippen LogP contribution is -2.33. The quantitative estimate of drug-likeness (QED) is 0.247. The third kappa shape index (κ3) is 8.63. The first-order chi connectivity index (χ1) is 6.45. The van der Waals surface area contributed by atoms with Crippen LogP contribution in [0.1, 0.15) is 20.8 Å². The zero-order valence-electron chi connectivity index (χ0n) is 8.48. The van der Waals surface area contributed by atoms with Gasteiger partial charge in [-0.2, -0.15) is 5.48 Å². The summed E-state index contributed by atoms with van der Waals surface area (Å²) in [5.74, 6) is 0. The van der Waals surface area contributed by atoms with Crippen LogP contribution in [0, 0.1) is 0 Å². The van der Waals surface area contributed by atoms with E-state index in [2.05, 4.69) is 20.3 Å². The smallest absolute Gasteiger partial charge is 0.431 e. The molecule has 14 heavy (non-hydrogen) atoms. The van der Waals surface area contributed by atoms with Gasteiger partial charge in [-0.05, 0) is 26.3 Å². The summed E-state index contributed by atoms with van der Waals surface area (Å²) >= 11 is 0. The molecular formula is C7H14N4O3. The molecule has 0 atom stereocenters. The molecule has 1 N–H and O–H groups in total. The lowest BCUT2D eigenvalue weighted by atomic mass is 10.2. The Morgan fingerprint density at radius 3 is 2.71 bits per heavy atom. The van der Waals surface area contributed by atoms with E-state index in [4.69, 9.17) is 10.3 Å². The number of nitrogens with zero attached hydrogens (tertiary/aromatic N) is 3. The van der Waals surface area contributed by atoms with E-state index in [1.165, 1.54) is 0 Å². The Hall–Kier alpha value is -1.46. The van der Waals surface area contributed by atoms with Gasteiger partial charge in [0.2, 0.25) is 0 Å². The SMILES string of the molecule is CC(C)(C)OC(=O)NOCCN=[N+]=[N-]. The number of carbonyl (C=O) groups is 1. The monoisotopic (exact) mass is 202 g/mol. The number of azide groups is 1. The number of amides is 1. The van der Waals surface area contributed by atoms with Crippen molar-refractivity contribution in [3.05, 3.63) is 10.4 Å². The van der Waals surface area contributed by atoms with Gasteiger partial charge in [0.25, 0.3) is 0 Å². The van der Waals surface area contributed by atoms with Gasteiger partial charge in [-0.1, -0.05) is 5.11 Å². The van der Waals surface area contributed by atoms with Gasteiger partial charge in [0, 0.05) is 4.91 Å². The number of rotatable bonds is 4. The first-order valence-corrected chi connectivity index (χ1v) is 4.07. The Labute approximate surface area is 82.0 Å². The Morgan fingerprint density at radius 2 is 2.21 bits per heavy atom. The number of hydrogen-bond acceptors (Lipinski definition) is 4. The summed E-state index contributed by atoms with van der Waals surface area (Å²) in [6.07, 6.45) is -0.668. The van der Waals surface area contributed by atoms with Gasteiger partial charge in [0.15, 0.2) is 0 Å². The number of carbonyl (C=O) groups excluding carboxylic acids is 1. The van der Waals surface area contributed by atoms with Crippen LogP contribution >= 0.6 is 0 Å². The van der Waals surface area contributed by atoms with Gasteiger partial charge in [-0.15, -0.1) is 0 Å². The van der Waals surface area contributed by atoms with Gasteiger partial charge in [0.1, 0.15) is 5.60 Å². The number of hydrogen-bond donors (Lipinski definition) is 1. The zero-order chi connectivity index (χ0) is 11.0. The minimum atomic E-state index is -0.668. The van der Waals surface area contributed by atoms with Crippen molar-refractivity contribution in [2.75, 3.05) is 13.2 Å². The Bertz CT molecular complexity index is 230. The van der Waals surface area contributed by atoms with Crippen molar-refractivity contribution in [2.24, 2.45) is 5.11 Å². The molecule has 0 spiro atoms. The molecule has 0 fully saturated rings. The summed E-state index contributed by atoms with van der Waals surface area (Å²) in [5.41, 5.74) is 9.41. The molecule has 0 aromatic carbocycles. The van der Waals surface area contributed by atoms with Crippen molar-refractivity contribution in [3.63, 3.8) is 0 Å². The molecule has 0 saturated heterocycles. The van der Waals surface area contributed by atoms with Gasteiger partial charge < -0.3 is 4.74 Å². The molecule has 80 valence electrons. The summed E-state index contributed by atoms with van der Waals surface area (Å²) in [5, 5.41) is 3.21. The van der Waals surface area contributed by atoms with E-state index in [1.54, 1.807) is 20.8 Å². The van der Waals surface area contributed by atoms with Crippen molar-refractivity contribution in [2.45, 2.75) is 26.4 Å². The number of ether oxygens (including phenoxy) is 1. The van der Waals surface area contributed by atoms with Crippen molar-refractivity contribution in [1.29, 1.82) is 0 Å². The molecule has 0 aliphatic carbocycles. The predicted octanol–water partition coefficient (Wildman–Crippen LogP) is 1.75. The molecule has 0 aliphatic rings. The Balaban J connectivity index is 3.50. The molecule has 0 bridgehead atoms. The second kappa shape index (κ2) is 6.06. The van der Waals surface area contributed by atoms with Crippen LogP contribution in [0.5, 0.6) is 0 Å². The average molecular weight is 202 g/mol. The van der Waals surface area contributed by atoms with Gasteiger partial charge >= 0.3 is 6.09 Å². The highest BCUT2D eigenvalue weighted by Gasteiger charge is 2.15.